The lowest BCUT2D eigenvalue weighted by molar-refractivity contribution is -0.121. The molecular formula is C24H25N3O4S. The van der Waals surface area contributed by atoms with Gasteiger partial charge >= 0.3 is 0 Å². The minimum Gasteiger partial charge on any atom is -0.494 e. The van der Waals surface area contributed by atoms with Crippen molar-refractivity contribution in [1.29, 1.82) is 0 Å². The average molecular weight is 452 g/mol. The molecule has 7 nitrogen and oxygen atoms in total. The number of hydrogen-bond acceptors (Lipinski definition) is 6. The SMILES string of the molecule is CCCOc1ccc(C(=O)CCC(=O)NNC(=O)c2sc(-c3ccccc3)nc2C)cc1. The molecule has 32 heavy (non-hydrogen) atoms. The molecule has 1 heterocycles. The molecule has 0 aliphatic carbocycles. The molecule has 2 aromatic carbocycles. The summed E-state index contributed by atoms with van der Waals surface area (Å²) in [6, 6.07) is 16.4. The molecule has 0 radical (unpaired) electrons. The van der Waals surface area contributed by atoms with E-state index in [-0.39, 0.29) is 18.6 Å². The second-order valence-electron chi connectivity index (χ2n) is 7.10. The van der Waals surface area contributed by atoms with Crippen molar-refractivity contribution in [2.45, 2.75) is 33.1 Å². The van der Waals surface area contributed by atoms with E-state index < -0.39 is 11.8 Å². The van der Waals surface area contributed by atoms with Gasteiger partial charge in [0.1, 0.15) is 15.6 Å². The summed E-state index contributed by atoms with van der Waals surface area (Å²) in [5.41, 5.74) is 6.79. The van der Waals surface area contributed by atoms with Gasteiger partial charge in [0.2, 0.25) is 5.91 Å². The Kier molecular flexibility index (Phi) is 8.10. The number of carbonyl (C=O) groups is 3. The van der Waals surface area contributed by atoms with Crippen LogP contribution in [-0.4, -0.2) is 29.2 Å². The van der Waals surface area contributed by atoms with E-state index in [9.17, 15) is 14.4 Å². The number of carbonyl (C=O) groups excluding carboxylic acids is 3. The number of ketones is 1. The standard InChI is InChI=1S/C24H25N3O4S/c1-3-15-31-19-11-9-17(10-12-19)20(28)13-14-21(29)26-27-23(30)22-16(2)25-24(32-22)18-7-5-4-6-8-18/h4-12H,3,13-15H2,1-2H3,(H,26,29)(H,27,30). The van der Waals surface area contributed by atoms with Gasteiger partial charge in [-0.3, -0.25) is 25.2 Å². The fourth-order valence-electron chi connectivity index (χ4n) is 2.89. The zero-order chi connectivity index (χ0) is 22.9. The highest BCUT2D eigenvalue weighted by atomic mass is 32.1. The topological polar surface area (TPSA) is 97.4 Å². The van der Waals surface area contributed by atoms with Crippen molar-refractivity contribution in [3.05, 3.63) is 70.7 Å². The van der Waals surface area contributed by atoms with Crippen LogP contribution < -0.4 is 15.6 Å². The zero-order valence-corrected chi connectivity index (χ0v) is 18.8. The molecule has 0 unspecified atom stereocenters. The Bertz CT molecular complexity index is 1080. The number of aromatic nitrogens is 1. The molecule has 8 heteroatoms. The van der Waals surface area contributed by atoms with Crippen LogP contribution in [0.5, 0.6) is 5.75 Å². The van der Waals surface area contributed by atoms with E-state index in [1.807, 2.05) is 37.3 Å². The maximum Gasteiger partial charge on any atom is 0.281 e. The minimum absolute atomic E-state index is 0.0363. The third-order valence-corrected chi connectivity index (χ3v) is 5.77. The molecule has 0 atom stereocenters. The van der Waals surface area contributed by atoms with Crippen LogP contribution in [0.25, 0.3) is 10.6 Å². The van der Waals surface area contributed by atoms with Gasteiger partial charge in [0.05, 0.1) is 12.3 Å². The molecule has 2 N–H and O–H groups in total. The average Bonchev–Trinajstić information content (AvgIpc) is 3.22. The quantitative estimate of drug-likeness (QED) is 0.373. The number of ether oxygens (including phenoxy) is 1. The number of hydrogen-bond donors (Lipinski definition) is 2. The monoisotopic (exact) mass is 451 g/mol. The lowest BCUT2D eigenvalue weighted by Crippen LogP contribution is -2.41. The van der Waals surface area contributed by atoms with Gasteiger partial charge in [-0.1, -0.05) is 37.3 Å². The van der Waals surface area contributed by atoms with Crippen molar-refractivity contribution in [3.63, 3.8) is 0 Å². The van der Waals surface area contributed by atoms with Gasteiger partial charge in [-0.15, -0.1) is 11.3 Å². The number of Topliss-reactive ketones (excluding diaryl/α,β-unsaturated/α-hetero) is 1. The Balaban J connectivity index is 1.47. The Morgan fingerprint density at radius 2 is 1.69 bits per heavy atom. The number of benzene rings is 2. The van der Waals surface area contributed by atoms with Gasteiger partial charge in [0.15, 0.2) is 5.78 Å². The Morgan fingerprint density at radius 3 is 2.38 bits per heavy atom. The largest absolute Gasteiger partial charge is 0.494 e. The van der Waals surface area contributed by atoms with Crippen molar-refractivity contribution in [3.8, 4) is 16.3 Å². The van der Waals surface area contributed by atoms with E-state index >= 15 is 0 Å². The normalized spacial score (nSPS) is 10.4. The van der Waals surface area contributed by atoms with E-state index in [0.29, 0.717) is 28.5 Å². The molecule has 0 aliphatic rings. The van der Waals surface area contributed by atoms with Gasteiger partial charge in [-0.05, 0) is 37.6 Å². The van der Waals surface area contributed by atoms with Gasteiger partial charge in [-0.25, -0.2) is 4.98 Å². The Hall–Kier alpha value is -3.52. The number of thiazole rings is 1. The first-order chi connectivity index (χ1) is 15.5. The van der Waals surface area contributed by atoms with E-state index in [0.717, 1.165) is 17.0 Å². The number of nitrogens with one attached hydrogen (secondary N) is 2. The summed E-state index contributed by atoms with van der Waals surface area (Å²) in [4.78, 5) is 41.7. The van der Waals surface area contributed by atoms with E-state index in [1.165, 1.54) is 11.3 Å². The van der Waals surface area contributed by atoms with E-state index in [1.54, 1.807) is 31.2 Å². The first-order valence-electron chi connectivity index (χ1n) is 10.4. The minimum atomic E-state index is -0.444. The summed E-state index contributed by atoms with van der Waals surface area (Å²) in [5, 5.41) is 0.733. The molecule has 0 saturated heterocycles. The predicted octanol–water partition coefficient (Wildman–Crippen LogP) is 4.33. The fourth-order valence-corrected chi connectivity index (χ4v) is 3.85. The van der Waals surface area contributed by atoms with Crippen LogP contribution in [0.15, 0.2) is 54.6 Å². The van der Waals surface area contributed by atoms with Crippen LogP contribution in [0.1, 0.15) is 51.9 Å². The molecule has 0 saturated carbocycles. The van der Waals surface area contributed by atoms with Crippen molar-refractivity contribution in [1.82, 2.24) is 15.8 Å². The molecule has 166 valence electrons. The first kappa shape index (κ1) is 23.1. The third kappa shape index (κ3) is 6.24. The first-order valence-corrected chi connectivity index (χ1v) is 11.2. The molecule has 0 fully saturated rings. The van der Waals surface area contributed by atoms with Crippen LogP contribution in [0.4, 0.5) is 0 Å². The molecule has 1 aromatic heterocycles. The van der Waals surface area contributed by atoms with Crippen LogP contribution in [0.2, 0.25) is 0 Å². The summed E-state index contributed by atoms with van der Waals surface area (Å²) in [5.74, 6) is -0.332. The molecule has 0 aliphatic heterocycles. The summed E-state index contributed by atoms with van der Waals surface area (Å²) < 4.78 is 5.49. The molecule has 0 bridgehead atoms. The molecule has 3 aromatic rings. The molecule has 2 amide bonds. The lowest BCUT2D eigenvalue weighted by Gasteiger charge is -2.07. The highest BCUT2D eigenvalue weighted by Gasteiger charge is 2.17. The van der Waals surface area contributed by atoms with Crippen molar-refractivity contribution >= 4 is 28.9 Å². The number of amides is 2. The van der Waals surface area contributed by atoms with Crippen molar-refractivity contribution in [2.24, 2.45) is 0 Å². The number of rotatable bonds is 9. The molecule has 3 rings (SSSR count). The van der Waals surface area contributed by atoms with Gasteiger partial charge in [-0.2, -0.15) is 0 Å². The van der Waals surface area contributed by atoms with E-state index in [2.05, 4.69) is 15.8 Å². The number of nitrogens with zero attached hydrogens (tertiary/aromatic N) is 1. The number of hydrazine groups is 1. The summed E-state index contributed by atoms with van der Waals surface area (Å²) in [6.45, 7) is 4.39. The fraction of sp³-hybridized carbons (Fsp3) is 0.250. The smallest absolute Gasteiger partial charge is 0.281 e. The van der Waals surface area contributed by atoms with Crippen molar-refractivity contribution in [2.75, 3.05) is 6.61 Å². The molecule has 0 spiro atoms. The number of aryl methyl sites for hydroxylation is 1. The van der Waals surface area contributed by atoms with Crippen LogP contribution in [-0.2, 0) is 4.79 Å². The molecular weight excluding hydrogens is 426 g/mol. The Morgan fingerprint density at radius 1 is 0.969 bits per heavy atom. The van der Waals surface area contributed by atoms with Gasteiger partial charge in [0, 0.05) is 24.0 Å². The van der Waals surface area contributed by atoms with Gasteiger partial charge < -0.3 is 4.74 Å². The maximum absolute atomic E-state index is 12.4. The highest BCUT2D eigenvalue weighted by Crippen LogP contribution is 2.27. The maximum atomic E-state index is 12.4. The second-order valence-corrected chi connectivity index (χ2v) is 8.10. The van der Waals surface area contributed by atoms with Crippen molar-refractivity contribution < 1.29 is 19.1 Å². The third-order valence-electron chi connectivity index (χ3n) is 4.57. The summed E-state index contributed by atoms with van der Waals surface area (Å²) in [7, 11) is 0. The Labute approximate surface area is 190 Å². The summed E-state index contributed by atoms with van der Waals surface area (Å²) in [6.07, 6.45) is 0.905. The lowest BCUT2D eigenvalue weighted by atomic mass is 10.1. The predicted molar refractivity (Wildman–Crippen MR) is 124 cm³/mol. The highest BCUT2D eigenvalue weighted by molar-refractivity contribution is 7.17. The van der Waals surface area contributed by atoms with E-state index in [4.69, 9.17) is 4.74 Å². The van der Waals surface area contributed by atoms with Gasteiger partial charge in [0.25, 0.3) is 5.91 Å². The summed E-state index contributed by atoms with van der Waals surface area (Å²) >= 11 is 1.26. The van der Waals surface area contributed by atoms with Crippen LogP contribution in [0, 0.1) is 6.92 Å². The van der Waals surface area contributed by atoms with Crippen LogP contribution in [0.3, 0.4) is 0 Å². The second kappa shape index (κ2) is 11.2. The zero-order valence-electron chi connectivity index (χ0n) is 18.0. The van der Waals surface area contributed by atoms with Crippen LogP contribution >= 0.6 is 11.3 Å².